The molecule has 17 heavy (non-hydrogen) atoms. The molecule has 1 aromatic heterocycles. The second-order valence-electron chi connectivity index (χ2n) is 4.29. The molecule has 1 fully saturated rings. The Morgan fingerprint density at radius 3 is 2.59 bits per heavy atom. The molecule has 1 aliphatic rings. The minimum Gasteiger partial charge on any atom is -0.394 e. The fourth-order valence-corrected chi connectivity index (χ4v) is 2.29. The predicted molar refractivity (Wildman–Crippen MR) is 70.7 cm³/mol. The van der Waals surface area contributed by atoms with Crippen molar-refractivity contribution in [1.29, 1.82) is 0 Å². The SMILES string of the molecule is CNc1cc(NC2(CO)CCC2)nc(SC)n1. The number of thioether (sulfide) groups is 1. The van der Waals surface area contributed by atoms with Crippen LogP contribution in [0.3, 0.4) is 0 Å². The Bertz CT molecular complexity index is 367. The maximum atomic E-state index is 9.42. The van der Waals surface area contributed by atoms with Crippen LogP contribution in [0.5, 0.6) is 0 Å². The van der Waals surface area contributed by atoms with Crippen molar-refractivity contribution in [1.82, 2.24) is 9.97 Å². The molecular formula is C11H18N4OS. The van der Waals surface area contributed by atoms with Crippen molar-refractivity contribution in [3.05, 3.63) is 6.07 Å². The van der Waals surface area contributed by atoms with E-state index < -0.39 is 0 Å². The van der Waals surface area contributed by atoms with Crippen LogP contribution in [0.15, 0.2) is 11.2 Å². The smallest absolute Gasteiger partial charge is 0.191 e. The van der Waals surface area contributed by atoms with Gasteiger partial charge < -0.3 is 15.7 Å². The maximum absolute atomic E-state index is 9.42. The van der Waals surface area contributed by atoms with Gasteiger partial charge in [-0.15, -0.1) is 0 Å². The van der Waals surface area contributed by atoms with Crippen LogP contribution in [0, 0.1) is 0 Å². The van der Waals surface area contributed by atoms with Crippen molar-refractivity contribution < 1.29 is 5.11 Å². The van der Waals surface area contributed by atoms with Crippen LogP contribution in [0.25, 0.3) is 0 Å². The fraction of sp³-hybridized carbons (Fsp3) is 0.636. The molecule has 0 saturated heterocycles. The lowest BCUT2D eigenvalue weighted by molar-refractivity contribution is 0.143. The molecule has 94 valence electrons. The first-order chi connectivity index (χ1) is 8.21. The van der Waals surface area contributed by atoms with Gasteiger partial charge in [0.1, 0.15) is 11.6 Å². The van der Waals surface area contributed by atoms with E-state index in [-0.39, 0.29) is 12.1 Å². The first-order valence-corrected chi connectivity index (χ1v) is 6.94. The topological polar surface area (TPSA) is 70.1 Å². The molecule has 0 radical (unpaired) electrons. The molecule has 1 aliphatic carbocycles. The predicted octanol–water partition coefficient (Wildman–Crippen LogP) is 1.57. The summed E-state index contributed by atoms with van der Waals surface area (Å²) in [7, 11) is 1.83. The average molecular weight is 254 g/mol. The van der Waals surface area contributed by atoms with E-state index in [1.165, 1.54) is 11.8 Å². The Hall–Kier alpha value is -1.01. The van der Waals surface area contributed by atoms with Crippen molar-refractivity contribution in [2.75, 3.05) is 30.5 Å². The zero-order valence-corrected chi connectivity index (χ0v) is 11.0. The number of aliphatic hydroxyl groups is 1. The molecule has 1 heterocycles. The summed E-state index contributed by atoms with van der Waals surface area (Å²) in [6.45, 7) is 0.153. The van der Waals surface area contributed by atoms with Crippen LogP contribution in [-0.4, -0.2) is 40.5 Å². The molecule has 5 nitrogen and oxygen atoms in total. The van der Waals surface area contributed by atoms with Crippen molar-refractivity contribution in [3.63, 3.8) is 0 Å². The second-order valence-corrected chi connectivity index (χ2v) is 5.07. The molecule has 0 bridgehead atoms. The highest BCUT2D eigenvalue weighted by molar-refractivity contribution is 7.98. The number of aromatic nitrogens is 2. The lowest BCUT2D eigenvalue weighted by atomic mass is 9.77. The van der Waals surface area contributed by atoms with E-state index in [4.69, 9.17) is 0 Å². The first kappa shape index (κ1) is 12.4. The van der Waals surface area contributed by atoms with Crippen LogP contribution in [0.4, 0.5) is 11.6 Å². The zero-order chi connectivity index (χ0) is 12.3. The van der Waals surface area contributed by atoms with Crippen LogP contribution < -0.4 is 10.6 Å². The van der Waals surface area contributed by atoms with E-state index in [2.05, 4.69) is 20.6 Å². The number of nitrogens with one attached hydrogen (secondary N) is 2. The minimum atomic E-state index is -0.172. The molecule has 1 saturated carbocycles. The highest BCUT2D eigenvalue weighted by Crippen LogP contribution is 2.34. The normalized spacial score (nSPS) is 17.4. The van der Waals surface area contributed by atoms with Crippen molar-refractivity contribution >= 4 is 23.4 Å². The summed E-state index contributed by atoms with van der Waals surface area (Å²) >= 11 is 1.51. The van der Waals surface area contributed by atoms with E-state index in [0.29, 0.717) is 0 Å². The number of anilines is 2. The van der Waals surface area contributed by atoms with E-state index in [1.54, 1.807) is 0 Å². The molecular weight excluding hydrogens is 236 g/mol. The zero-order valence-electron chi connectivity index (χ0n) is 10.2. The Balaban J connectivity index is 2.19. The van der Waals surface area contributed by atoms with Crippen LogP contribution in [-0.2, 0) is 0 Å². The summed E-state index contributed by atoms with van der Waals surface area (Å²) in [4.78, 5) is 8.71. The third-order valence-corrected chi connectivity index (χ3v) is 3.70. The summed E-state index contributed by atoms with van der Waals surface area (Å²) < 4.78 is 0. The highest BCUT2D eigenvalue weighted by atomic mass is 32.2. The average Bonchev–Trinajstić information content (AvgIpc) is 2.33. The minimum absolute atomic E-state index is 0.153. The molecule has 0 amide bonds. The van der Waals surface area contributed by atoms with Gasteiger partial charge in [-0.1, -0.05) is 11.8 Å². The summed E-state index contributed by atoms with van der Waals surface area (Å²) in [6.07, 6.45) is 5.10. The van der Waals surface area contributed by atoms with E-state index in [1.807, 2.05) is 19.4 Å². The monoisotopic (exact) mass is 254 g/mol. The summed E-state index contributed by atoms with van der Waals surface area (Å²) in [5.41, 5.74) is -0.172. The van der Waals surface area contributed by atoms with Crippen molar-refractivity contribution in [3.8, 4) is 0 Å². The lowest BCUT2D eigenvalue weighted by Gasteiger charge is -2.41. The standard InChI is InChI=1S/C11H18N4OS/c1-12-8-6-9(14-10(13-8)17-2)15-11(7-16)4-3-5-11/h6,16H,3-5,7H2,1-2H3,(H2,12,13,14,15). The third-order valence-electron chi connectivity index (χ3n) is 3.15. The van der Waals surface area contributed by atoms with Gasteiger partial charge in [-0.3, -0.25) is 0 Å². The molecule has 0 unspecified atom stereocenters. The fourth-order valence-electron chi connectivity index (χ4n) is 1.91. The molecule has 3 N–H and O–H groups in total. The second kappa shape index (κ2) is 5.10. The number of hydrogen-bond acceptors (Lipinski definition) is 6. The largest absolute Gasteiger partial charge is 0.394 e. The number of rotatable bonds is 5. The Morgan fingerprint density at radius 1 is 1.41 bits per heavy atom. The first-order valence-electron chi connectivity index (χ1n) is 5.71. The highest BCUT2D eigenvalue weighted by Gasteiger charge is 2.36. The van der Waals surface area contributed by atoms with Crippen LogP contribution in [0.2, 0.25) is 0 Å². The van der Waals surface area contributed by atoms with Gasteiger partial charge in [-0.25, -0.2) is 9.97 Å². The molecule has 2 rings (SSSR count). The Morgan fingerprint density at radius 2 is 2.12 bits per heavy atom. The van der Waals surface area contributed by atoms with E-state index in [9.17, 15) is 5.11 Å². The van der Waals surface area contributed by atoms with Crippen LogP contribution in [0.1, 0.15) is 19.3 Å². The number of aliphatic hydroxyl groups excluding tert-OH is 1. The molecule has 0 aliphatic heterocycles. The van der Waals surface area contributed by atoms with E-state index >= 15 is 0 Å². The van der Waals surface area contributed by atoms with Gasteiger partial charge in [0, 0.05) is 13.1 Å². The number of hydrogen-bond donors (Lipinski definition) is 3. The lowest BCUT2D eigenvalue weighted by Crippen LogP contribution is -2.48. The molecule has 6 heteroatoms. The van der Waals surface area contributed by atoms with Crippen LogP contribution >= 0.6 is 11.8 Å². The summed E-state index contributed by atoms with van der Waals surface area (Å²) in [5, 5.41) is 16.5. The molecule has 0 spiro atoms. The maximum Gasteiger partial charge on any atom is 0.191 e. The Labute approximate surface area is 105 Å². The molecule has 0 atom stereocenters. The van der Waals surface area contributed by atoms with Gasteiger partial charge in [0.05, 0.1) is 12.1 Å². The van der Waals surface area contributed by atoms with Gasteiger partial charge in [0.25, 0.3) is 0 Å². The summed E-state index contributed by atoms with van der Waals surface area (Å²) in [6, 6.07) is 1.87. The molecule has 1 aromatic rings. The van der Waals surface area contributed by atoms with Gasteiger partial charge in [-0.2, -0.15) is 0 Å². The molecule has 0 aromatic carbocycles. The van der Waals surface area contributed by atoms with Gasteiger partial charge >= 0.3 is 0 Å². The Kier molecular flexibility index (Phi) is 3.73. The third kappa shape index (κ3) is 2.63. The van der Waals surface area contributed by atoms with Gasteiger partial charge in [-0.05, 0) is 25.5 Å². The van der Waals surface area contributed by atoms with Gasteiger partial charge in [0.2, 0.25) is 0 Å². The van der Waals surface area contributed by atoms with E-state index in [0.717, 1.165) is 36.1 Å². The van der Waals surface area contributed by atoms with Gasteiger partial charge in [0.15, 0.2) is 5.16 Å². The quantitative estimate of drug-likeness (QED) is 0.547. The summed E-state index contributed by atoms with van der Waals surface area (Å²) in [5.74, 6) is 1.57. The number of nitrogens with zero attached hydrogens (tertiary/aromatic N) is 2. The van der Waals surface area contributed by atoms with Crippen molar-refractivity contribution in [2.24, 2.45) is 0 Å². The van der Waals surface area contributed by atoms with Crippen molar-refractivity contribution in [2.45, 2.75) is 30.0 Å².